The minimum Gasteiger partial charge on any atom is -0.458 e. The first-order valence-corrected chi connectivity index (χ1v) is 6.68. The van der Waals surface area contributed by atoms with Crippen LogP contribution >= 0.6 is 0 Å². The average molecular weight is 274 g/mol. The summed E-state index contributed by atoms with van der Waals surface area (Å²) in [7, 11) is 0. The summed E-state index contributed by atoms with van der Waals surface area (Å²) < 4.78 is 5.21. The van der Waals surface area contributed by atoms with Crippen LogP contribution in [0.5, 0.6) is 0 Å². The maximum absolute atomic E-state index is 11.7. The van der Waals surface area contributed by atoms with Crippen molar-refractivity contribution < 1.29 is 14.6 Å². The summed E-state index contributed by atoms with van der Waals surface area (Å²) in [4.78, 5) is 11.7. The molecule has 1 rings (SSSR count). The molecule has 108 valence electrons. The molecule has 1 N–H and O–H groups in total. The summed E-state index contributed by atoms with van der Waals surface area (Å²) in [5.41, 5.74) is 0.668. The second-order valence-corrected chi connectivity index (χ2v) is 5.09. The van der Waals surface area contributed by atoms with Gasteiger partial charge in [-0.25, -0.2) is 4.79 Å². The molecule has 20 heavy (non-hydrogen) atoms. The molecule has 0 spiro atoms. The molecule has 0 aliphatic carbocycles. The monoisotopic (exact) mass is 274 g/mol. The molecule has 1 aromatic carbocycles. The van der Waals surface area contributed by atoms with E-state index in [0.29, 0.717) is 18.4 Å². The molecule has 0 aromatic heterocycles. The molecule has 3 nitrogen and oxygen atoms in total. The van der Waals surface area contributed by atoms with Gasteiger partial charge in [-0.1, -0.05) is 30.4 Å². The molecule has 0 bridgehead atoms. The summed E-state index contributed by atoms with van der Waals surface area (Å²) in [6.07, 6.45) is 4.82. The number of ether oxygens (including phenoxy) is 1. The number of benzene rings is 1. The van der Waals surface area contributed by atoms with Crippen LogP contribution in [0.3, 0.4) is 0 Å². The van der Waals surface area contributed by atoms with Gasteiger partial charge in [-0.15, -0.1) is 6.58 Å². The third-order valence-electron chi connectivity index (χ3n) is 3.02. The molecule has 0 saturated heterocycles. The Morgan fingerprint density at radius 3 is 2.65 bits per heavy atom. The Hall–Kier alpha value is -1.87. The van der Waals surface area contributed by atoms with Crippen LogP contribution in [0, 0.1) is 0 Å². The minimum absolute atomic E-state index is 0.268. The van der Waals surface area contributed by atoms with E-state index in [4.69, 9.17) is 4.74 Å². The molecule has 0 saturated carbocycles. The number of carbonyl (C=O) groups is 1. The van der Waals surface area contributed by atoms with Crippen molar-refractivity contribution in [2.24, 2.45) is 0 Å². The van der Waals surface area contributed by atoms with E-state index < -0.39 is 5.60 Å². The number of aliphatic hydroxyl groups is 1. The Morgan fingerprint density at radius 2 is 2.05 bits per heavy atom. The minimum atomic E-state index is -0.850. The number of rotatable bonds is 7. The predicted molar refractivity (Wildman–Crippen MR) is 80.5 cm³/mol. The Bertz CT molecular complexity index is 472. The Morgan fingerprint density at radius 1 is 1.40 bits per heavy atom. The van der Waals surface area contributed by atoms with Crippen LogP contribution in [-0.4, -0.2) is 23.3 Å². The maximum atomic E-state index is 11.7. The highest BCUT2D eigenvalue weighted by molar-refractivity contribution is 5.89. The smallest absolute Gasteiger partial charge is 0.338 e. The quantitative estimate of drug-likeness (QED) is 0.611. The van der Waals surface area contributed by atoms with E-state index in [0.717, 1.165) is 5.57 Å². The third kappa shape index (κ3) is 5.85. The second-order valence-electron chi connectivity index (χ2n) is 5.09. The summed E-state index contributed by atoms with van der Waals surface area (Å²) >= 11 is 0. The molecule has 0 heterocycles. The molecule has 0 unspecified atom stereocenters. The van der Waals surface area contributed by atoms with Gasteiger partial charge in [-0.3, -0.25) is 0 Å². The van der Waals surface area contributed by atoms with Gasteiger partial charge in [0.1, 0.15) is 6.61 Å². The SMILES string of the molecule is C=C[C@@](C)(O)CC/C=C(\C)COC(=O)c1ccccc1. The summed E-state index contributed by atoms with van der Waals surface area (Å²) in [6.45, 7) is 7.48. The third-order valence-corrected chi connectivity index (χ3v) is 3.02. The highest BCUT2D eigenvalue weighted by Gasteiger charge is 2.13. The lowest BCUT2D eigenvalue weighted by molar-refractivity contribution is 0.0539. The fourth-order valence-electron chi connectivity index (χ4n) is 1.61. The Labute approximate surface area is 120 Å². The normalized spacial score (nSPS) is 14.4. The van der Waals surface area contributed by atoms with Gasteiger partial charge >= 0.3 is 5.97 Å². The lowest BCUT2D eigenvalue weighted by atomic mass is 10.00. The van der Waals surface area contributed by atoms with Crippen molar-refractivity contribution in [3.63, 3.8) is 0 Å². The standard InChI is InChI=1S/C17H22O3/c1-4-17(3,19)12-8-9-14(2)13-20-16(18)15-10-6-5-7-11-15/h4-7,9-11,19H,1,8,12-13H2,2-3H3/b14-9+/t17-/m1/s1. The van der Waals surface area contributed by atoms with Crippen molar-refractivity contribution in [3.05, 3.63) is 60.2 Å². The van der Waals surface area contributed by atoms with Gasteiger partial charge in [0, 0.05) is 0 Å². The molecule has 3 heteroatoms. The van der Waals surface area contributed by atoms with Crippen molar-refractivity contribution in [3.8, 4) is 0 Å². The molecule has 0 aliphatic rings. The van der Waals surface area contributed by atoms with Crippen molar-refractivity contribution in [2.75, 3.05) is 6.61 Å². The van der Waals surface area contributed by atoms with Crippen molar-refractivity contribution >= 4 is 5.97 Å². The lowest BCUT2D eigenvalue weighted by Gasteiger charge is -2.16. The first-order chi connectivity index (χ1) is 9.44. The van der Waals surface area contributed by atoms with E-state index in [2.05, 4.69) is 6.58 Å². The zero-order valence-electron chi connectivity index (χ0n) is 12.1. The van der Waals surface area contributed by atoms with Crippen LogP contribution in [-0.2, 0) is 4.74 Å². The van der Waals surface area contributed by atoms with E-state index >= 15 is 0 Å². The van der Waals surface area contributed by atoms with Gasteiger partial charge in [0.15, 0.2) is 0 Å². The molecule has 1 aromatic rings. The van der Waals surface area contributed by atoms with E-state index in [1.807, 2.05) is 19.1 Å². The number of allylic oxidation sites excluding steroid dienone is 1. The van der Waals surface area contributed by atoms with Crippen LogP contribution < -0.4 is 0 Å². The average Bonchev–Trinajstić information content (AvgIpc) is 2.45. The van der Waals surface area contributed by atoms with E-state index in [1.165, 1.54) is 6.08 Å². The lowest BCUT2D eigenvalue weighted by Crippen LogP contribution is -2.19. The van der Waals surface area contributed by atoms with Crippen molar-refractivity contribution in [1.29, 1.82) is 0 Å². The van der Waals surface area contributed by atoms with E-state index in [9.17, 15) is 9.90 Å². The zero-order valence-corrected chi connectivity index (χ0v) is 12.1. The largest absolute Gasteiger partial charge is 0.458 e. The molecule has 0 radical (unpaired) electrons. The fraction of sp³-hybridized carbons (Fsp3) is 0.353. The Balaban J connectivity index is 2.38. The van der Waals surface area contributed by atoms with Gasteiger partial charge < -0.3 is 9.84 Å². The summed E-state index contributed by atoms with van der Waals surface area (Å²) in [5.74, 6) is -0.323. The number of hydrogen-bond donors (Lipinski definition) is 1. The first-order valence-electron chi connectivity index (χ1n) is 6.68. The van der Waals surface area contributed by atoms with Crippen LogP contribution in [0.15, 0.2) is 54.6 Å². The molecular formula is C17H22O3. The molecule has 0 aliphatic heterocycles. The molecule has 0 amide bonds. The highest BCUT2D eigenvalue weighted by atomic mass is 16.5. The number of carbonyl (C=O) groups excluding carboxylic acids is 1. The van der Waals surface area contributed by atoms with Gasteiger partial charge in [0.2, 0.25) is 0 Å². The molecule has 0 fully saturated rings. The highest BCUT2D eigenvalue weighted by Crippen LogP contribution is 2.14. The summed E-state index contributed by atoms with van der Waals surface area (Å²) in [6, 6.07) is 8.91. The summed E-state index contributed by atoms with van der Waals surface area (Å²) in [5, 5.41) is 9.77. The number of hydrogen-bond acceptors (Lipinski definition) is 3. The van der Waals surface area contributed by atoms with Crippen LogP contribution in [0.25, 0.3) is 0 Å². The van der Waals surface area contributed by atoms with Crippen LogP contribution in [0.2, 0.25) is 0 Å². The van der Waals surface area contributed by atoms with Gasteiger partial charge in [0.05, 0.1) is 11.2 Å². The zero-order chi connectivity index (χ0) is 15.0. The fourth-order valence-corrected chi connectivity index (χ4v) is 1.61. The van der Waals surface area contributed by atoms with Crippen molar-refractivity contribution in [1.82, 2.24) is 0 Å². The van der Waals surface area contributed by atoms with Crippen molar-refractivity contribution in [2.45, 2.75) is 32.3 Å². The van der Waals surface area contributed by atoms with Gasteiger partial charge in [-0.05, 0) is 44.4 Å². The van der Waals surface area contributed by atoms with Crippen LogP contribution in [0.1, 0.15) is 37.0 Å². The molecule has 1 atom stereocenters. The van der Waals surface area contributed by atoms with E-state index in [-0.39, 0.29) is 12.6 Å². The maximum Gasteiger partial charge on any atom is 0.338 e. The topological polar surface area (TPSA) is 46.5 Å². The Kier molecular flexibility index (Phi) is 6.19. The predicted octanol–water partition coefficient (Wildman–Crippen LogP) is 3.51. The van der Waals surface area contributed by atoms with Gasteiger partial charge in [0.25, 0.3) is 0 Å². The van der Waals surface area contributed by atoms with Crippen LogP contribution in [0.4, 0.5) is 0 Å². The number of esters is 1. The second kappa shape index (κ2) is 7.65. The molecular weight excluding hydrogens is 252 g/mol. The first kappa shape index (κ1) is 16.2. The van der Waals surface area contributed by atoms with Gasteiger partial charge in [-0.2, -0.15) is 0 Å². The van der Waals surface area contributed by atoms with E-state index in [1.54, 1.807) is 31.2 Å².